The Hall–Kier alpha value is -3.63. The van der Waals surface area contributed by atoms with Gasteiger partial charge in [-0.25, -0.2) is 18.7 Å². The van der Waals surface area contributed by atoms with Crippen molar-refractivity contribution in [2.24, 2.45) is 0 Å². The van der Waals surface area contributed by atoms with Crippen molar-refractivity contribution < 1.29 is 23.6 Å². The number of imidazole rings is 1. The molecule has 11 nitrogen and oxygen atoms in total. The zero-order chi connectivity index (χ0) is 34.0. The molecule has 11 heteroatoms. The molecule has 0 atom stereocenters. The number of benzene rings is 1. The molecule has 0 aliphatic heterocycles. The number of alkyl carbamates (subject to hydrolysis) is 2. The number of aryl methyl sites for hydroxylation is 2. The third kappa shape index (κ3) is 16.1. The number of aromatic nitrogens is 2. The molecule has 1 aromatic heterocycles. The predicted molar refractivity (Wildman–Crippen MR) is 187 cm³/mol. The van der Waals surface area contributed by atoms with E-state index in [0.717, 1.165) is 69.2 Å². The predicted octanol–water partition coefficient (Wildman–Crippen LogP) is 7.23. The Kier molecular flexibility index (Phi) is 16.6. The molecule has 0 aliphatic rings. The molecule has 2 aromatic rings. The topological polar surface area (TPSA) is 113 Å². The van der Waals surface area contributed by atoms with Crippen LogP contribution in [0.4, 0.5) is 26.9 Å². The van der Waals surface area contributed by atoms with Gasteiger partial charge in [0.05, 0.1) is 31.2 Å². The number of nitrogens with zero attached hydrogens (tertiary/aromatic N) is 3. The molecule has 260 valence electrons. The van der Waals surface area contributed by atoms with Gasteiger partial charge in [0.25, 0.3) is 0 Å². The van der Waals surface area contributed by atoms with Gasteiger partial charge in [0.15, 0.2) is 0 Å². The second-order valence-electron chi connectivity index (χ2n) is 13.8. The number of hydrazine groups is 1. The Bertz CT molecular complexity index is 1090. The van der Waals surface area contributed by atoms with Crippen molar-refractivity contribution in [1.29, 1.82) is 0 Å². The first kappa shape index (κ1) is 38.6. The molecule has 2 rings (SSSR count). The van der Waals surface area contributed by atoms with Crippen LogP contribution in [0.1, 0.15) is 107 Å². The molecule has 0 saturated heterocycles. The van der Waals surface area contributed by atoms with Crippen LogP contribution in [0.2, 0.25) is 0 Å². The highest BCUT2D eigenvalue weighted by Crippen LogP contribution is 2.19. The molecular weight excluding hydrogens is 582 g/mol. The molecule has 1 aromatic carbocycles. The Morgan fingerprint density at radius 3 is 1.83 bits per heavy atom. The quantitative estimate of drug-likeness (QED) is 0.0683. The number of unbranched alkanes of at least 4 members (excludes halogenated alkanes) is 4. The van der Waals surface area contributed by atoms with Gasteiger partial charge >= 0.3 is 18.1 Å². The Labute approximate surface area is 277 Å². The van der Waals surface area contributed by atoms with E-state index in [2.05, 4.69) is 86.0 Å². The van der Waals surface area contributed by atoms with E-state index in [1.54, 1.807) is 0 Å². The van der Waals surface area contributed by atoms with Gasteiger partial charge in [0.1, 0.15) is 11.2 Å². The van der Waals surface area contributed by atoms with Gasteiger partial charge in [-0.15, -0.1) is 0 Å². The highest BCUT2D eigenvalue weighted by atomic mass is 16.6. The second-order valence-corrected chi connectivity index (χ2v) is 13.8. The van der Waals surface area contributed by atoms with Crippen molar-refractivity contribution in [3.63, 3.8) is 0 Å². The van der Waals surface area contributed by atoms with E-state index in [1.165, 1.54) is 25.7 Å². The lowest BCUT2D eigenvalue weighted by molar-refractivity contribution is -0.682. The molecular formula is C35H62N7O4+. The fourth-order valence-corrected chi connectivity index (χ4v) is 4.84. The smallest absolute Gasteiger partial charge is 0.407 e. The van der Waals surface area contributed by atoms with E-state index in [4.69, 9.17) is 9.47 Å². The van der Waals surface area contributed by atoms with Crippen LogP contribution in [0, 0.1) is 0 Å². The van der Waals surface area contributed by atoms with Gasteiger partial charge in [-0.2, -0.15) is 5.43 Å². The van der Waals surface area contributed by atoms with Crippen LogP contribution in [-0.2, 0) is 22.6 Å². The number of hydrogen-bond acceptors (Lipinski definition) is 7. The fourth-order valence-electron chi connectivity index (χ4n) is 4.84. The fraction of sp³-hybridized carbons (Fsp3) is 0.686. The summed E-state index contributed by atoms with van der Waals surface area (Å²) in [5, 5.41) is 5.69. The van der Waals surface area contributed by atoms with E-state index in [0.29, 0.717) is 13.1 Å². The standard InChI is InChI=1S/C35H61N7O4/c1-9-11-13-23-41-27-28-42(24-14-12-10-2)31(41)39-38-29-17-19-30(20-18-29)40(25-15-21-36-32(43)45-34(3,4)5)26-16-22-37-33(44)46-35(6,7)8/h17-20,27-28,38H,9-16,21-26H2,1-8H3,(H2,36,37,43,44)/p+1. The minimum Gasteiger partial charge on any atom is -0.444 e. The third-order valence-electron chi connectivity index (χ3n) is 7.07. The summed E-state index contributed by atoms with van der Waals surface area (Å²) in [4.78, 5) is 26.4. The molecule has 0 aliphatic carbocycles. The average molecular weight is 645 g/mol. The number of carbonyl (C=O) groups is 2. The molecule has 4 N–H and O–H groups in total. The maximum absolute atomic E-state index is 12.1. The van der Waals surface area contributed by atoms with Crippen LogP contribution < -0.4 is 31.0 Å². The van der Waals surface area contributed by atoms with Crippen LogP contribution in [0.25, 0.3) is 0 Å². The highest BCUT2D eigenvalue weighted by Gasteiger charge is 2.18. The van der Waals surface area contributed by atoms with E-state index >= 15 is 0 Å². The van der Waals surface area contributed by atoms with Crippen molar-refractivity contribution in [3.8, 4) is 0 Å². The zero-order valence-electron chi connectivity index (χ0n) is 29.8. The maximum Gasteiger partial charge on any atom is 0.407 e. The molecule has 0 saturated carbocycles. The van der Waals surface area contributed by atoms with Gasteiger partial charge in [-0.1, -0.05) is 39.5 Å². The van der Waals surface area contributed by atoms with Gasteiger partial charge in [0, 0.05) is 31.9 Å². The van der Waals surface area contributed by atoms with Crippen molar-refractivity contribution in [3.05, 3.63) is 36.7 Å². The molecule has 46 heavy (non-hydrogen) atoms. The first-order chi connectivity index (χ1) is 21.8. The van der Waals surface area contributed by atoms with Crippen LogP contribution >= 0.6 is 0 Å². The number of amides is 2. The van der Waals surface area contributed by atoms with Crippen molar-refractivity contribution in [1.82, 2.24) is 15.2 Å². The summed E-state index contributed by atoms with van der Waals surface area (Å²) in [5.74, 6) is 1.06. The van der Waals surface area contributed by atoms with E-state index in [9.17, 15) is 9.59 Å². The summed E-state index contributed by atoms with van der Waals surface area (Å²) in [7, 11) is 0. The first-order valence-corrected chi connectivity index (χ1v) is 17.2. The largest absolute Gasteiger partial charge is 0.444 e. The average Bonchev–Trinajstić information content (AvgIpc) is 3.35. The molecule has 0 spiro atoms. The van der Waals surface area contributed by atoms with E-state index in [-0.39, 0.29) is 0 Å². The Morgan fingerprint density at radius 1 is 0.761 bits per heavy atom. The molecule has 2 amide bonds. The van der Waals surface area contributed by atoms with Gasteiger partial charge in [-0.3, -0.25) is 5.43 Å². The highest BCUT2D eigenvalue weighted by molar-refractivity contribution is 5.68. The van der Waals surface area contributed by atoms with E-state index in [1.807, 2.05) is 41.5 Å². The Balaban J connectivity index is 2.03. The first-order valence-electron chi connectivity index (χ1n) is 17.2. The third-order valence-corrected chi connectivity index (χ3v) is 7.07. The monoisotopic (exact) mass is 644 g/mol. The SMILES string of the molecule is CCCCCn1cc[n+](CCCCC)c1NNc1ccc(N(CCCNC(=O)OC(C)(C)C)CCCNC(=O)OC(C)(C)C)cc1. The molecule has 0 unspecified atom stereocenters. The summed E-state index contributed by atoms with van der Waals surface area (Å²) in [6.45, 7) is 20.0. The summed E-state index contributed by atoms with van der Waals surface area (Å²) in [6.07, 6.45) is 12.1. The summed E-state index contributed by atoms with van der Waals surface area (Å²) >= 11 is 0. The van der Waals surface area contributed by atoms with Gasteiger partial charge in [0.2, 0.25) is 0 Å². The molecule has 0 radical (unpaired) electrons. The maximum atomic E-state index is 12.1. The number of nitrogens with one attached hydrogen (secondary N) is 4. The van der Waals surface area contributed by atoms with Crippen molar-refractivity contribution >= 4 is 29.5 Å². The minimum absolute atomic E-state index is 0.410. The molecule has 0 bridgehead atoms. The van der Waals surface area contributed by atoms with E-state index < -0.39 is 23.4 Å². The van der Waals surface area contributed by atoms with Crippen LogP contribution in [0.15, 0.2) is 36.7 Å². The normalized spacial score (nSPS) is 11.6. The van der Waals surface area contributed by atoms with Crippen LogP contribution in [-0.4, -0.2) is 54.1 Å². The number of anilines is 3. The Morgan fingerprint density at radius 2 is 1.30 bits per heavy atom. The minimum atomic E-state index is -0.532. The number of ether oxygens (including phenoxy) is 2. The van der Waals surface area contributed by atoms with Crippen molar-refractivity contribution in [2.45, 2.75) is 131 Å². The lowest BCUT2D eigenvalue weighted by Crippen LogP contribution is -2.37. The zero-order valence-corrected chi connectivity index (χ0v) is 29.8. The number of carbonyl (C=O) groups excluding carboxylic acids is 2. The number of hydrogen-bond donors (Lipinski definition) is 4. The van der Waals surface area contributed by atoms with Crippen LogP contribution in [0.5, 0.6) is 0 Å². The lowest BCUT2D eigenvalue weighted by Gasteiger charge is -2.26. The van der Waals surface area contributed by atoms with Gasteiger partial charge in [-0.05, 0) is 91.5 Å². The number of rotatable bonds is 20. The van der Waals surface area contributed by atoms with Crippen LogP contribution in [0.3, 0.4) is 0 Å². The molecule has 1 heterocycles. The van der Waals surface area contributed by atoms with Crippen molar-refractivity contribution in [2.75, 3.05) is 41.9 Å². The second kappa shape index (κ2) is 19.8. The lowest BCUT2D eigenvalue weighted by atomic mass is 10.2. The summed E-state index contributed by atoms with van der Waals surface area (Å²) in [6, 6.07) is 8.34. The summed E-state index contributed by atoms with van der Waals surface area (Å²) < 4.78 is 15.3. The summed E-state index contributed by atoms with van der Waals surface area (Å²) in [5.41, 5.74) is 7.85. The molecule has 0 fully saturated rings. The van der Waals surface area contributed by atoms with Gasteiger partial charge < -0.3 is 25.0 Å².